The molecule has 134 valence electrons. The minimum Gasteiger partial charge on any atom is -0.479 e. The van der Waals surface area contributed by atoms with Crippen molar-refractivity contribution >= 4 is 33.4 Å². The molecule has 0 aliphatic carbocycles. The van der Waals surface area contributed by atoms with Crippen LogP contribution in [0.15, 0.2) is 54.6 Å². The van der Waals surface area contributed by atoms with Gasteiger partial charge in [-0.2, -0.15) is 5.26 Å². The summed E-state index contributed by atoms with van der Waals surface area (Å²) in [4.78, 5) is 11.9. The Kier molecular flexibility index (Phi) is 6.36. The van der Waals surface area contributed by atoms with Gasteiger partial charge in [0, 0.05) is 17.5 Å². The molecular weight excluding hydrogens is 354 g/mol. The van der Waals surface area contributed by atoms with E-state index in [4.69, 9.17) is 10.00 Å². The highest BCUT2D eigenvalue weighted by atomic mass is 32.2. The van der Waals surface area contributed by atoms with Gasteiger partial charge in [-0.1, -0.05) is 12.1 Å². The Morgan fingerprint density at radius 1 is 1.12 bits per heavy atom. The number of anilines is 2. The zero-order valence-corrected chi connectivity index (χ0v) is 14.8. The number of ether oxygens (including phenoxy) is 1. The lowest BCUT2D eigenvalue weighted by atomic mass is 10.2. The summed E-state index contributed by atoms with van der Waals surface area (Å²) in [5, 5.41) is 11.1. The summed E-state index contributed by atoms with van der Waals surface area (Å²) in [6.07, 6.45) is 4.07. The highest BCUT2D eigenvalue weighted by Gasteiger charge is 2.02. The Hall–Kier alpha value is -3.31. The van der Waals surface area contributed by atoms with Crippen molar-refractivity contribution in [1.29, 1.82) is 5.26 Å². The lowest BCUT2D eigenvalue weighted by molar-refractivity contribution is -0.111. The van der Waals surface area contributed by atoms with Gasteiger partial charge in [-0.15, -0.1) is 0 Å². The number of amides is 1. The van der Waals surface area contributed by atoms with Crippen LogP contribution in [0, 0.1) is 11.3 Å². The second-order valence-electron chi connectivity index (χ2n) is 5.29. The molecule has 0 saturated carbocycles. The van der Waals surface area contributed by atoms with Gasteiger partial charge in [0.25, 0.3) is 0 Å². The van der Waals surface area contributed by atoms with Gasteiger partial charge in [-0.05, 0) is 48.0 Å². The molecule has 0 heterocycles. The number of nitriles is 1. The molecule has 0 spiro atoms. The number of carbonyl (C=O) groups is 1. The van der Waals surface area contributed by atoms with Crippen molar-refractivity contribution in [2.24, 2.45) is 0 Å². The second-order valence-corrected chi connectivity index (χ2v) is 7.04. The Labute approximate surface area is 152 Å². The summed E-state index contributed by atoms with van der Waals surface area (Å²) >= 11 is 0. The minimum atomic E-state index is -3.32. The van der Waals surface area contributed by atoms with Crippen molar-refractivity contribution in [3.8, 4) is 11.8 Å². The summed E-state index contributed by atoms with van der Waals surface area (Å²) < 4.78 is 29.8. The van der Waals surface area contributed by atoms with E-state index in [9.17, 15) is 13.2 Å². The van der Waals surface area contributed by atoms with Crippen molar-refractivity contribution in [3.63, 3.8) is 0 Å². The zero-order valence-electron chi connectivity index (χ0n) is 14.0. The van der Waals surface area contributed by atoms with Crippen molar-refractivity contribution in [2.45, 2.75) is 0 Å². The van der Waals surface area contributed by atoms with E-state index in [1.165, 1.54) is 6.08 Å². The minimum absolute atomic E-state index is 0.0348. The van der Waals surface area contributed by atoms with E-state index in [2.05, 4.69) is 10.0 Å². The summed E-state index contributed by atoms with van der Waals surface area (Å²) in [5.41, 5.74) is 1.80. The first-order valence-corrected chi connectivity index (χ1v) is 9.41. The summed E-state index contributed by atoms with van der Waals surface area (Å²) in [6, 6.07) is 15.1. The predicted molar refractivity (Wildman–Crippen MR) is 100 cm³/mol. The molecular formula is C18H17N3O4S. The van der Waals surface area contributed by atoms with Gasteiger partial charge >= 0.3 is 0 Å². The third-order valence-electron chi connectivity index (χ3n) is 3.07. The fraction of sp³-hybridized carbons (Fsp3) is 0.111. The van der Waals surface area contributed by atoms with E-state index in [1.807, 2.05) is 6.07 Å². The van der Waals surface area contributed by atoms with Gasteiger partial charge in [0.05, 0.1) is 6.26 Å². The third kappa shape index (κ3) is 6.67. The number of sulfonamides is 1. The number of nitrogens with one attached hydrogen (secondary N) is 2. The molecule has 0 atom stereocenters. The van der Waals surface area contributed by atoms with Crippen LogP contribution in [0.3, 0.4) is 0 Å². The van der Waals surface area contributed by atoms with E-state index in [-0.39, 0.29) is 12.5 Å². The van der Waals surface area contributed by atoms with Crippen molar-refractivity contribution in [1.82, 2.24) is 0 Å². The summed E-state index contributed by atoms with van der Waals surface area (Å²) in [6.45, 7) is -0.0348. The van der Waals surface area contributed by atoms with Gasteiger partial charge in [0.2, 0.25) is 15.9 Å². The molecule has 0 unspecified atom stereocenters. The molecule has 0 fully saturated rings. The Morgan fingerprint density at radius 3 is 2.31 bits per heavy atom. The van der Waals surface area contributed by atoms with Gasteiger partial charge in [-0.25, -0.2) is 8.42 Å². The molecule has 0 saturated heterocycles. The number of benzene rings is 2. The van der Waals surface area contributed by atoms with E-state index in [1.54, 1.807) is 54.6 Å². The molecule has 0 aliphatic rings. The van der Waals surface area contributed by atoms with Crippen LogP contribution >= 0.6 is 0 Å². The van der Waals surface area contributed by atoms with Crippen LogP contribution in [-0.4, -0.2) is 27.2 Å². The monoisotopic (exact) mass is 371 g/mol. The van der Waals surface area contributed by atoms with E-state index < -0.39 is 10.0 Å². The molecule has 2 aromatic rings. The number of hydrogen-bond acceptors (Lipinski definition) is 5. The molecule has 8 heteroatoms. The lowest BCUT2D eigenvalue weighted by Gasteiger charge is -2.05. The Balaban J connectivity index is 1.91. The smallest absolute Gasteiger partial charge is 0.248 e. The third-order valence-corrected chi connectivity index (χ3v) is 3.67. The largest absolute Gasteiger partial charge is 0.479 e. The van der Waals surface area contributed by atoms with Gasteiger partial charge in [0.1, 0.15) is 11.8 Å². The molecule has 0 aliphatic heterocycles. The van der Waals surface area contributed by atoms with Crippen molar-refractivity contribution < 1.29 is 17.9 Å². The molecule has 0 aromatic heterocycles. The van der Waals surface area contributed by atoms with Gasteiger partial charge < -0.3 is 10.1 Å². The van der Waals surface area contributed by atoms with Gasteiger partial charge in [-0.3, -0.25) is 9.52 Å². The first-order valence-electron chi connectivity index (χ1n) is 7.52. The fourth-order valence-electron chi connectivity index (χ4n) is 1.98. The molecule has 0 radical (unpaired) electrons. The van der Waals surface area contributed by atoms with Gasteiger partial charge in [0.15, 0.2) is 6.61 Å². The quantitative estimate of drug-likeness (QED) is 0.727. The molecule has 2 N–H and O–H groups in total. The first kappa shape index (κ1) is 19.0. The average molecular weight is 371 g/mol. The molecule has 7 nitrogen and oxygen atoms in total. The van der Waals surface area contributed by atoms with E-state index >= 15 is 0 Å². The first-order chi connectivity index (χ1) is 12.4. The van der Waals surface area contributed by atoms with Crippen LogP contribution in [0.1, 0.15) is 5.56 Å². The maximum atomic E-state index is 11.9. The van der Waals surface area contributed by atoms with Crippen LogP contribution in [-0.2, 0) is 14.8 Å². The SMILES string of the molecule is CS(=O)(=O)Nc1ccc(/C=C/C(=O)Nc2ccc(OCC#N)cc2)cc1. The normalized spacial score (nSPS) is 10.9. The Morgan fingerprint density at radius 2 is 1.73 bits per heavy atom. The fourth-order valence-corrected chi connectivity index (χ4v) is 2.55. The van der Waals surface area contributed by atoms with Crippen LogP contribution in [0.25, 0.3) is 6.08 Å². The van der Waals surface area contributed by atoms with Crippen molar-refractivity contribution in [2.75, 3.05) is 22.9 Å². The van der Waals surface area contributed by atoms with Crippen LogP contribution < -0.4 is 14.8 Å². The average Bonchev–Trinajstić information content (AvgIpc) is 2.59. The number of rotatable bonds is 7. The highest BCUT2D eigenvalue weighted by molar-refractivity contribution is 7.92. The van der Waals surface area contributed by atoms with E-state index in [0.29, 0.717) is 17.1 Å². The van der Waals surface area contributed by atoms with E-state index in [0.717, 1.165) is 11.8 Å². The van der Waals surface area contributed by atoms with Crippen molar-refractivity contribution in [3.05, 3.63) is 60.2 Å². The molecule has 1 amide bonds. The molecule has 0 bridgehead atoms. The zero-order chi connectivity index (χ0) is 19.0. The molecule has 2 rings (SSSR count). The molecule has 2 aromatic carbocycles. The maximum absolute atomic E-state index is 11.9. The second kappa shape index (κ2) is 8.69. The summed E-state index contributed by atoms with van der Waals surface area (Å²) in [7, 11) is -3.32. The standard InChI is InChI=1S/C18H17N3O4S/c1-26(23,24)21-16-5-2-14(3-6-16)4-11-18(22)20-15-7-9-17(10-8-15)25-13-12-19/h2-11,21H,13H2,1H3,(H,20,22)/b11-4+. The van der Waals surface area contributed by atoms with Crippen LogP contribution in [0.5, 0.6) is 5.75 Å². The predicted octanol–water partition coefficient (Wildman–Crippen LogP) is 2.61. The topological polar surface area (TPSA) is 108 Å². The number of carbonyl (C=O) groups excluding carboxylic acids is 1. The molecule has 26 heavy (non-hydrogen) atoms. The maximum Gasteiger partial charge on any atom is 0.248 e. The van der Waals surface area contributed by atoms with Crippen LogP contribution in [0.4, 0.5) is 11.4 Å². The number of hydrogen-bond donors (Lipinski definition) is 2. The summed E-state index contributed by atoms with van der Waals surface area (Å²) in [5.74, 6) is 0.233. The lowest BCUT2D eigenvalue weighted by Crippen LogP contribution is -2.09. The number of nitrogens with zero attached hydrogens (tertiary/aromatic N) is 1. The Bertz CT molecular complexity index is 928. The van der Waals surface area contributed by atoms with Crippen LogP contribution in [0.2, 0.25) is 0 Å². The highest BCUT2D eigenvalue weighted by Crippen LogP contribution is 2.16.